The van der Waals surface area contributed by atoms with E-state index in [0.29, 0.717) is 16.1 Å². The second kappa shape index (κ2) is 5.08. The summed E-state index contributed by atoms with van der Waals surface area (Å²) in [7, 11) is 0. The van der Waals surface area contributed by atoms with Crippen molar-refractivity contribution in [3.8, 4) is 0 Å². The van der Waals surface area contributed by atoms with Crippen LogP contribution in [0.15, 0.2) is 47.1 Å². The van der Waals surface area contributed by atoms with Gasteiger partial charge in [0.15, 0.2) is 5.78 Å². The molecule has 3 aromatic rings. The van der Waals surface area contributed by atoms with Crippen molar-refractivity contribution in [3.05, 3.63) is 68.8 Å². The highest BCUT2D eigenvalue weighted by Gasteiger charge is 2.17. The number of hydrogen-bond donors (Lipinski definition) is 1. The Kier molecular flexibility index (Phi) is 3.40. The lowest BCUT2D eigenvalue weighted by Gasteiger charge is -2.05. The van der Waals surface area contributed by atoms with E-state index in [-0.39, 0.29) is 5.78 Å². The molecule has 0 atom stereocenters. The van der Waals surface area contributed by atoms with Gasteiger partial charge < -0.3 is 4.98 Å². The van der Waals surface area contributed by atoms with Crippen LogP contribution in [0.1, 0.15) is 21.5 Å². The van der Waals surface area contributed by atoms with Crippen molar-refractivity contribution >= 4 is 44.2 Å². The fourth-order valence-electron chi connectivity index (χ4n) is 2.25. The Bertz CT molecular complexity index is 822. The number of hydrogen-bond acceptors (Lipinski definition) is 1. The van der Waals surface area contributed by atoms with Crippen LogP contribution in [-0.4, -0.2) is 10.8 Å². The average molecular weight is 349 g/mol. The van der Waals surface area contributed by atoms with Crippen LogP contribution >= 0.6 is 27.5 Å². The second-order valence-electron chi connectivity index (χ2n) is 4.66. The third-order valence-corrected chi connectivity index (χ3v) is 4.61. The van der Waals surface area contributed by atoms with Crippen LogP contribution < -0.4 is 0 Å². The fraction of sp³-hybridized carbons (Fsp3) is 0.0625. The first kappa shape index (κ1) is 13.4. The summed E-state index contributed by atoms with van der Waals surface area (Å²) in [5.74, 6) is -0.00542. The Morgan fingerprint density at radius 2 is 2.00 bits per heavy atom. The van der Waals surface area contributed by atoms with Crippen molar-refractivity contribution < 1.29 is 4.79 Å². The van der Waals surface area contributed by atoms with Gasteiger partial charge in [-0.15, -0.1) is 0 Å². The number of aromatic amines is 1. The van der Waals surface area contributed by atoms with Gasteiger partial charge in [0.1, 0.15) is 0 Å². The molecule has 0 aliphatic heterocycles. The van der Waals surface area contributed by atoms with Crippen LogP contribution in [0.2, 0.25) is 5.02 Å². The van der Waals surface area contributed by atoms with Gasteiger partial charge >= 0.3 is 0 Å². The normalized spacial score (nSPS) is 10.9. The molecule has 20 heavy (non-hydrogen) atoms. The first-order valence-electron chi connectivity index (χ1n) is 6.14. The number of rotatable bonds is 2. The van der Waals surface area contributed by atoms with E-state index in [9.17, 15) is 4.79 Å². The van der Waals surface area contributed by atoms with Gasteiger partial charge in [-0.3, -0.25) is 4.79 Å². The largest absolute Gasteiger partial charge is 0.360 e. The van der Waals surface area contributed by atoms with Crippen LogP contribution in [0.3, 0.4) is 0 Å². The van der Waals surface area contributed by atoms with Crippen molar-refractivity contribution in [2.45, 2.75) is 6.92 Å². The lowest BCUT2D eigenvalue weighted by atomic mass is 10.0. The van der Waals surface area contributed by atoms with E-state index < -0.39 is 0 Å². The van der Waals surface area contributed by atoms with Gasteiger partial charge in [0, 0.05) is 37.7 Å². The quantitative estimate of drug-likeness (QED) is 0.640. The molecule has 2 aromatic carbocycles. The zero-order chi connectivity index (χ0) is 14.3. The minimum Gasteiger partial charge on any atom is -0.360 e. The number of aryl methyl sites for hydroxylation is 1. The molecule has 100 valence electrons. The summed E-state index contributed by atoms with van der Waals surface area (Å²) in [5.41, 5.74) is 3.23. The molecule has 0 unspecified atom stereocenters. The summed E-state index contributed by atoms with van der Waals surface area (Å²) >= 11 is 9.45. The molecule has 0 saturated carbocycles. The molecule has 0 aliphatic carbocycles. The highest BCUT2D eigenvalue weighted by Crippen LogP contribution is 2.28. The maximum absolute atomic E-state index is 12.7. The van der Waals surface area contributed by atoms with Gasteiger partial charge in [0.05, 0.1) is 0 Å². The number of nitrogens with one attached hydrogen (secondary N) is 1. The maximum Gasteiger partial charge on any atom is 0.196 e. The lowest BCUT2D eigenvalue weighted by molar-refractivity contribution is 0.103. The van der Waals surface area contributed by atoms with Gasteiger partial charge in [-0.05, 0) is 46.6 Å². The molecule has 1 heterocycles. The summed E-state index contributed by atoms with van der Waals surface area (Å²) in [6.07, 6.45) is 1.73. The summed E-state index contributed by atoms with van der Waals surface area (Å²) in [4.78, 5) is 15.8. The molecule has 0 radical (unpaired) electrons. The number of carbonyl (C=O) groups is 1. The smallest absolute Gasteiger partial charge is 0.196 e. The number of carbonyl (C=O) groups excluding carboxylic acids is 1. The van der Waals surface area contributed by atoms with E-state index in [1.165, 1.54) is 0 Å². The van der Waals surface area contributed by atoms with E-state index in [1.54, 1.807) is 12.3 Å². The molecule has 3 rings (SSSR count). The van der Waals surface area contributed by atoms with Crippen LogP contribution in [0.25, 0.3) is 10.9 Å². The van der Waals surface area contributed by atoms with Crippen LogP contribution in [0.4, 0.5) is 0 Å². The van der Waals surface area contributed by atoms with E-state index in [1.807, 2.05) is 37.3 Å². The van der Waals surface area contributed by atoms with Crippen LogP contribution in [-0.2, 0) is 0 Å². The molecule has 0 saturated heterocycles. The molecular formula is C16H11BrClNO. The number of halogens is 2. The highest BCUT2D eigenvalue weighted by atomic mass is 79.9. The molecule has 4 heteroatoms. The first-order chi connectivity index (χ1) is 9.58. The van der Waals surface area contributed by atoms with E-state index in [0.717, 1.165) is 20.9 Å². The van der Waals surface area contributed by atoms with E-state index in [4.69, 9.17) is 11.6 Å². The standard InChI is InChI=1S/C16H11BrClNO/c1-9-3-2-4-12(15(9)17)16(20)13-8-19-14-7-10(18)5-6-11(13)14/h2-8,19H,1H3. The zero-order valence-electron chi connectivity index (χ0n) is 10.7. The molecule has 1 N–H and O–H groups in total. The Balaban J connectivity index is 2.16. The SMILES string of the molecule is Cc1cccc(C(=O)c2c[nH]c3cc(Cl)ccc23)c1Br. The van der Waals surface area contributed by atoms with Gasteiger partial charge in [0.25, 0.3) is 0 Å². The Hall–Kier alpha value is -1.58. The molecule has 0 fully saturated rings. The van der Waals surface area contributed by atoms with Crippen molar-refractivity contribution in [2.75, 3.05) is 0 Å². The molecule has 0 amide bonds. The predicted octanol–water partition coefficient (Wildman–Crippen LogP) is 5.12. The molecule has 0 bridgehead atoms. The molecule has 1 aromatic heterocycles. The Morgan fingerprint density at radius 1 is 1.20 bits per heavy atom. The Labute approximate surface area is 129 Å². The zero-order valence-corrected chi connectivity index (χ0v) is 13.0. The van der Waals surface area contributed by atoms with Gasteiger partial charge in [0.2, 0.25) is 0 Å². The van der Waals surface area contributed by atoms with Gasteiger partial charge in [-0.1, -0.05) is 29.8 Å². The third-order valence-electron chi connectivity index (χ3n) is 3.32. The Morgan fingerprint density at radius 3 is 2.80 bits per heavy atom. The summed E-state index contributed by atoms with van der Waals surface area (Å²) in [5, 5.41) is 1.53. The first-order valence-corrected chi connectivity index (χ1v) is 7.31. The maximum atomic E-state index is 12.7. The fourth-order valence-corrected chi connectivity index (χ4v) is 2.87. The topological polar surface area (TPSA) is 32.9 Å². The van der Waals surface area contributed by atoms with Crippen molar-refractivity contribution in [1.29, 1.82) is 0 Å². The predicted molar refractivity (Wildman–Crippen MR) is 85.6 cm³/mol. The van der Waals surface area contributed by atoms with Crippen LogP contribution in [0, 0.1) is 6.92 Å². The number of fused-ring (bicyclic) bond motifs is 1. The summed E-state index contributed by atoms with van der Waals surface area (Å²) in [6, 6.07) is 11.2. The lowest BCUT2D eigenvalue weighted by Crippen LogP contribution is -2.02. The summed E-state index contributed by atoms with van der Waals surface area (Å²) in [6.45, 7) is 1.97. The van der Waals surface area contributed by atoms with Crippen molar-refractivity contribution in [3.63, 3.8) is 0 Å². The second-order valence-corrected chi connectivity index (χ2v) is 5.89. The number of aromatic nitrogens is 1. The molecular weight excluding hydrogens is 338 g/mol. The third kappa shape index (κ3) is 2.17. The monoisotopic (exact) mass is 347 g/mol. The minimum absolute atomic E-state index is 0.00542. The van der Waals surface area contributed by atoms with E-state index in [2.05, 4.69) is 20.9 Å². The van der Waals surface area contributed by atoms with Crippen molar-refractivity contribution in [2.24, 2.45) is 0 Å². The summed E-state index contributed by atoms with van der Waals surface area (Å²) < 4.78 is 0.841. The molecule has 0 aliphatic rings. The number of H-pyrrole nitrogens is 1. The highest BCUT2D eigenvalue weighted by molar-refractivity contribution is 9.10. The number of ketones is 1. The van der Waals surface area contributed by atoms with Crippen molar-refractivity contribution in [1.82, 2.24) is 4.98 Å². The average Bonchev–Trinajstić information content (AvgIpc) is 2.84. The number of benzene rings is 2. The minimum atomic E-state index is -0.00542. The van der Waals surface area contributed by atoms with Gasteiger partial charge in [-0.25, -0.2) is 0 Å². The van der Waals surface area contributed by atoms with Crippen LogP contribution in [0.5, 0.6) is 0 Å². The molecule has 2 nitrogen and oxygen atoms in total. The molecule has 0 spiro atoms. The van der Waals surface area contributed by atoms with E-state index >= 15 is 0 Å². The van der Waals surface area contributed by atoms with Gasteiger partial charge in [-0.2, -0.15) is 0 Å².